The smallest absolute Gasteiger partial charge is 0.421 e. The Balaban J connectivity index is 1.50. The molecule has 42 heavy (non-hydrogen) atoms. The second kappa shape index (κ2) is 12.5. The van der Waals surface area contributed by atoms with Crippen molar-refractivity contribution in [2.45, 2.75) is 51.3 Å². The maximum Gasteiger partial charge on any atom is 0.421 e. The van der Waals surface area contributed by atoms with Crippen LogP contribution >= 0.6 is 0 Å². The number of rotatable bonds is 7. The normalized spacial score (nSPS) is 14.2. The highest BCUT2D eigenvalue weighted by Gasteiger charge is 2.35. The molecular formula is C30H33F3N6O3. The minimum atomic E-state index is -4.69. The molecule has 1 aromatic heterocycles. The molecule has 1 aliphatic heterocycles. The molecule has 2 amide bonds. The van der Waals surface area contributed by atoms with Crippen molar-refractivity contribution in [3.8, 4) is 0 Å². The molecule has 3 aromatic rings. The van der Waals surface area contributed by atoms with Gasteiger partial charge in [0.1, 0.15) is 17.0 Å². The minimum absolute atomic E-state index is 0.0663. The van der Waals surface area contributed by atoms with E-state index in [2.05, 4.69) is 32.5 Å². The van der Waals surface area contributed by atoms with E-state index in [1.807, 2.05) is 26.8 Å². The van der Waals surface area contributed by atoms with Gasteiger partial charge in [-0.3, -0.25) is 4.79 Å². The van der Waals surface area contributed by atoms with Crippen molar-refractivity contribution in [3.05, 3.63) is 78.5 Å². The number of carbonyl (C=O) groups excluding carboxylic acids is 2. The SMILES string of the molecule is C=CC(=O)Nc1cccc(Nc2ncc(C(F)(F)F)c(Nc3cccc(C4CCN(C(=O)OC(C)(C)C)CC4)c3)n2)c1. The minimum Gasteiger partial charge on any atom is -0.444 e. The fraction of sp³-hybridized carbons (Fsp3) is 0.333. The Morgan fingerprint density at radius 2 is 1.64 bits per heavy atom. The Hall–Kier alpha value is -4.61. The van der Waals surface area contributed by atoms with Gasteiger partial charge >= 0.3 is 12.3 Å². The van der Waals surface area contributed by atoms with Crippen molar-refractivity contribution < 1.29 is 27.5 Å². The predicted molar refractivity (Wildman–Crippen MR) is 155 cm³/mol. The van der Waals surface area contributed by atoms with Gasteiger partial charge in [0, 0.05) is 36.3 Å². The van der Waals surface area contributed by atoms with Crippen molar-refractivity contribution in [1.82, 2.24) is 14.9 Å². The summed E-state index contributed by atoms with van der Waals surface area (Å²) in [5.74, 6) is -0.749. The van der Waals surface area contributed by atoms with Crippen LogP contribution in [-0.2, 0) is 15.7 Å². The summed E-state index contributed by atoms with van der Waals surface area (Å²) < 4.78 is 47.0. The summed E-state index contributed by atoms with van der Waals surface area (Å²) in [7, 11) is 0. The van der Waals surface area contributed by atoms with E-state index >= 15 is 0 Å². The van der Waals surface area contributed by atoms with Crippen molar-refractivity contribution in [2.75, 3.05) is 29.0 Å². The molecule has 4 rings (SSSR count). The third-order valence-corrected chi connectivity index (χ3v) is 6.43. The van der Waals surface area contributed by atoms with E-state index in [9.17, 15) is 22.8 Å². The quantitative estimate of drug-likeness (QED) is 0.252. The van der Waals surface area contributed by atoms with Gasteiger partial charge in [-0.1, -0.05) is 24.8 Å². The number of anilines is 5. The van der Waals surface area contributed by atoms with Gasteiger partial charge < -0.3 is 25.6 Å². The molecule has 2 heterocycles. The summed E-state index contributed by atoms with van der Waals surface area (Å²) in [5, 5.41) is 8.32. The van der Waals surface area contributed by atoms with E-state index < -0.39 is 29.1 Å². The van der Waals surface area contributed by atoms with Crippen molar-refractivity contribution >= 4 is 40.8 Å². The third kappa shape index (κ3) is 8.21. The van der Waals surface area contributed by atoms with Crippen LogP contribution in [0.2, 0.25) is 0 Å². The largest absolute Gasteiger partial charge is 0.444 e. The molecule has 3 N–H and O–H groups in total. The standard InChI is InChI=1S/C30H33F3N6O3/c1-5-25(40)35-22-10-7-11-23(17-22)37-27-34-18-24(30(31,32)33)26(38-27)36-21-9-6-8-20(16-21)19-12-14-39(15-13-19)28(41)42-29(2,3)4/h5-11,16-19H,1,12-15H2,2-4H3,(H,35,40)(H2,34,36,37,38). The molecule has 0 radical (unpaired) electrons. The second-order valence-corrected chi connectivity index (χ2v) is 10.8. The first-order valence-electron chi connectivity index (χ1n) is 13.4. The van der Waals surface area contributed by atoms with Crippen LogP contribution in [0.4, 0.5) is 46.8 Å². The molecule has 0 saturated carbocycles. The first-order valence-corrected chi connectivity index (χ1v) is 13.4. The van der Waals surface area contributed by atoms with Crippen LogP contribution < -0.4 is 16.0 Å². The highest BCUT2D eigenvalue weighted by atomic mass is 19.4. The Morgan fingerprint density at radius 3 is 2.29 bits per heavy atom. The number of aromatic nitrogens is 2. The van der Waals surface area contributed by atoms with E-state index in [0.29, 0.717) is 43.0 Å². The number of alkyl halides is 3. The summed E-state index contributed by atoms with van der Waals surface area (Å²) in [6.45, 7) is 9.91. The molecule has 0 unspecified atom stereocenters. The monoisotopic (exact) mass is 582 g/mol. The van der Waals surface area contributed by atoms with Crippen LogP contribution in [0.15, 0.2) is 67.4 Å². The van der Waals surface area contributed by atoms with Gasteiger partial charge in [-0.25, -0.2) is 9.78 Å². The van der Waals surface area contributed by atoms with Gasteiger partial charge in [0.15, 0.2) is 0 Å². The zero-order chi connectivity index (χ0) is 30.5. The van der Waals surface area contributed by atoms with Crippen LogP contribution in [0.3, 0.4) is 0 Å². The Morgan fingerprint density at radius 1 is 1.00 bits per heavy atom. The number of amides is 2. The Bertz CT molecular complexity index is 1450. The lowest BCUT2D eigenvalue weighted by Gasteiger charge is -2.33. The number of nitrogens with one attached hydrogen (secondary N) is 3. The van der Waals surface area contributed by atoms with E-state index in [0.717, 1.165) is 17.8 Å². The molecule has 9 nitrogen and oxygen atoms in total. The lowest BCUT2D eigenvalue weighted by molar-refractivity contribution is -0.137. The van der Waals surface area contributed by atoms with Gasteiger partial charge in [-0.15, -0.1) is 0 Å². The number of nitrogens with zero attached hydrogens (tertiary/aromatic N) is 3. The Kier molecular flexibility index (Phi) is 9.03. The zero-order valence-electron chi connectivity index (χ0n) is 23.6. The summed E-state index contributed by atoms with van der Waals surface area (Å²) in [4.78, 5) is 33.7. The molecular weight excluding hydrogens is 549 g/mol. The molecule has 0 atom stereocenters. The molecule has 1 aliphatic rings. The lowest BCUT2D eigenvalue weighted by atomic mass is 9.89. The number of hydrogen-bond acceptors (Lipinski definition) is 7. The number of benzene rings is 2. The third-order valence-electron chi connectivity index (χ3n) is 6.43. The summed E-state index contributed by atoms with van der Waals surface area (Å²) in [5.41, 5.74) is 0.712. The molecule has 0 aliphatic carbocycles. The number of ether oxygens (including phenoxy) is 1. The van der Waals surface area contributed by atoms with Gasteiger partial charge in [0.25, 0.3) is 0 Å². The Labute approximate surface area is 242 Å². The van der Waals surface area contributed by atoms with Gasteiger partial charge in [0.05, 0.1) is 0 Å². The molecule has 1 saturated heterocycles. The molecule has 222 valence electrons. The summed E-state index contributed by atoms with van der Waals surface area (Å²) in [6.07, 6.45) is -1.80. The fourth-order valence-electron chi connectivity index (χ4n) is 4.47. The molecule has 2 aromatic carbocycles. The predicted octanol–water partition coefficient (Wildman–Crippen LogP) is 7.22. The molecule has 0 spiro atoms. The van der Waals surface area contributed by atoms with E-state index in [1.165, 1.54) is 0 Å². The fourth-order valence-corrected chi connectivity index (χ4v) is 4.47. The number of piperidine rings is 1. The maximum absolute atomic E-state index is 13.9. The topological polar surface area (TPSA) is 108 Å². The number of hydrogen-bond donors (Lipinski definition) is 3. The molecule has 1 fully saturated rings. The van der Waals surface area contributed by atoms with Crippen LogP contribution in [0, 0.1) is 0 Å². The molecule has 12 heteroatoms. The van der Waals surface area contributed by atoms with E-state index in [-0.39, 0.29) is 18.0 Å². The van der Waals surface area contributed by atoms with Gasteiger partial charge in [-0.2, -0.15) is 18.2 Å². The van der Waals surface area contributed by atoms with Crippen molar-refractivity contribution in [1.29, 1.82) is 0 Å². The van der Waals surface area contributed by atoms with Crippen LogP contribution in [0.1, 0.15) is 50.7 Å². The van der Waals surface area contributed by atoms with Crippen LogP contribution in [0.5, 0.6) is 0 Å². The maximum atomic E-state index is 13.9. The molecule has 0 bridgehead atoms. The average molecular weight is 583 g/mol. The van der Waals surface area contributed by atoms with E-state index in [1.54, 1.807) is 47.4 Å². The van der Waals surface area contributed by atoms with Gasteiger partial charge in [-0.05, 0) is 81.5 Å². The number of likely N-dealkylation sites (tertiary alicyclic amines) is 1. The summed E-state index contributed by atoms with van der Waals surface area (Å²) in [6, 6.07) is 13.7. The highest BCUT2D eigenvalue weighted by molar-refractivity contribution is 5.99. The lowest BCUT2D eigenvalue weighted by Crippen LogP contribution is -2.41. The first-order chi connectivity index (χ1) is 19.8. The van der Waals surface area contributed by atoms with E-state index in [4.69, 9.17) is 4.74 Å². The first kappa shape index (κ1) is 30.4. The van der Waals surface area contributed by atoms with Crippen molar-refractivity contribution in [3.63, 3.8) is 0 Å². The van der Waals surface area contributed by atoms with Crippen LogP contribution in [0.25, 0.3) is 0 Å². The average Bonchev–Trinajstić information content (AvgIpc) is 2.92. The van der Waals surface area contributed by atoms with Gasteiger partial charge in [0.2, 0.25) is 11.9 Å². The van der Waals surface area contributed by atoms with Crippen molar-refractivity contribution in [2.24, 2.45) is 0 Å². The number of carbonyl (C=O) groups is 2. The highest BCUT2D eigenvalue weighted by Crippen LogP contribution is 2.36. The second-order valence-electron chi connectivity index (χ2n) is 10.8. The number of halogens is 3. The zero-order valence-corrected chi connectivity index (χ0v) is 23.6. The summed E-state index contributed by atoms with van der Waals surface area (Å²) >= 11 is 0. The van der Waals surface area contributed by atoms with Crippen LogP contribution in [-0.4, -0.2) is 45.6 Å².